The van der Waals surface area contributed by atoms with E-state index in [4.69, 9.17) is 9.78 Å². The van der Waals surface area contributed by atoms with Crippen LogP contribution in [0.5, 0.6) is 0 Å². The van der Waals surface area contributed by atoms with E-state index in [1.54, 1.807) is 0 Å². The lowest BCUT2D eigenvalue weighted by Crippen LogP contribution is -2.30. The van der Waals surface area contributed by atoms with Crippen LogP contribution >= 0.6 is 0 Å². The fourth-order valence-electron chi connectivity index (χ4n) is 3.15. The van der Waals surface area contributed by atoms with Crippen molar-refractivity contribution in [3.8, 4) is 0 Å². The van der Waals surface area contributed by atoms with E-state index in [0.717, 1.165) is 19.3 Å². The van der Waals surface area contributed by atoms with Crippen molar-refractivity contribution in [1.82, 2.24) is 0 Å². The summed E-state index contributed by atoms with van der Waals surface area (Å²) in [7, 11) is 0. The smallest absolute Gasteiger partial charge is 0.293 e. The predicted molar refractivity (Wildman–Crippen MR) is 92.1 cm³/mol. The number of benzene rings is 1. The molecule has 3 unspecified atom stereocenters. The molecule has 0 radical (unpaired) electrons. The van der Waals surface area contributed by atoms with Crippen molar-refractivity contribution in [2.45, 2.75) is 71.8 Å². The van der Waals surface area contributed by atoms with Gasteiger partial charge in [-0.15, -0.1) is 0 Å². The topological polar surface area (TPSA) is 35.5 Å². The number of hydrogen-bond donors (Lipinski definition) is 0. The first-order chi connectivity index (χ1) is 11.1. The molecule has 0 aromatic heterocycles. The van der Waals surface area contributed by atoms with Gasteiger partial charge in [0.25, 0.3) is 0 Å². The molecule has 1 fully saturated rings. The Kier molecular flexibility index (Phi) is 7.10. The van der Waals surface area contributed by atoms with Gasteiger partial charge in [0, 0.05) is 0 Å². The highest BCUT2D eigenvalue weighted by Gasteiger charge is 2.28. The van der Waals surface area contributed by atoms with Crippen molar-refractivity contribution in [2.75, 3.05) is 0 Å². The van der Waals surface area contributed by atoms with Gasteiger partial charge in [0.2, 0.25) is 0 Å². The van der Waals surface area contributed by atoms with Gasteiger partial charge in [-0.05, 0) is 55.2 Å². The second kappa shape index (κ2) is 9.07. The highest BCUT2D eigenvalue weighted by atomic mass is 17.2. The largest absolute Gasteiger partial charge is 0.373 e. The van der Waals surface area contributed by atoms with Crippen LogP contribution in [-0.4, -0.2) is 12.1 Å². The van der Waals surface area contributed by atoms with Crippen LogP contribution in [0, 0.1) is 11.8 Å². The van der Waals surface area contributed by atoms with E-state index >= 15 is 0 Å². The van der Waals surface area contributed by atoms with Gasteiger partial charge in [-0.3, -0.25) is 4.89 Å². The molecule has 23 heavy (non-hydrogen) atoms. The summed E-state index contributed by atoms with van der Waals surface area (Å²) in [4.78, 5) is 22.6. The lowest BCUT2D eigenvalue weighted by molar-refractivity contribution is -0.291. The molecule has 1 aromatic carbocycles. The molecule has 128 valence electrons. The molecule has 1 aliphatic carbocycles. The van der Waals surface area contributed by atoms with Gasteiger partial charge in [-0.2, -0.15) is 4.89 Å². The van der Waals surface area contributed by atoms with Crippen LogP contribution in [0.15, 0.2) is 24.3 Å². The van der Waals surface area contributed by atoms with E-state index < -0.39 is 5.97 Å². The molecule has 1 aromatic rings. The van der Waals surface area contributed by atoms with Gasteiger partial charge in [-0.25, -0.2) is 4.79 Å². The fourth-order valence-corrected chi connectivity index (χ4v) is 3.15. The van der Waals surface area contributed by atoms with Crippen LogP contribution in [0.25, 0.3) is 0 Å². The van der Waals surface area contributed by atoms with Crippen LogP contribution in [-0.2, 0) is 16.2 Å². The van der Waals surface area contributed by atoms with Crippen molar-refractivity contribution in [3.05, 3.63) is 35.4 Å². The summed E-state index contributed by atoms with van der Waals surface area (Å²) >= 11 is 0. The van der Waals surface area contributed by atoms with E-state index in [-0.39, 0.29) is 6.10 Å². The van der Waals surface area contributed by atoms with E-state index in [2.05, 4.69) is 20.8 Å². The summed E-state index contributed by atoms with van der Waals surface area (Å²) in [5.74, 6) is 0.688. The predicted octanol–water partition coefficient (Wildman–Crippen LogP) is 5.33. The third-order valence-electron chi connectivity index (χ3n) is 4.89. The minimum absolute atomic E-state index is 0.0241. The highest BCUT2D eigenvalue weighted by Crippen LogP contribution is 2.30. The zero-order chi connectivity index (χ0) is 16.7. The first-order valence-corrected chi connectivity index (χ1v) is 9.06. The Balaban J connectivity index is 1.81. The van der Waals surface area contributed by atoms with E-state index in [1.807, 2.05) is 24.3 Å². The lowest BCUT2D eigenvalue weighted by Gasteiger charge is -2.30. The number of unbranched alkanes of at least 4 members (excludes halogenated alkanes) is 2. The standard InChI is InChI=1S/C20H30O3/c1-4-5-6-7-17-10-12-18(13-11-17)20(21)23-22-19-14-15(2)8-9-16(19)3/h10-13,15-16,19H,4-9,14H2,1-3H3. The average Bonchev–Trinajstić information content (AvgIpc) is 2.56. The zero-order valence-electron chi connectivity index (χ0n) is 14.7. The molecule has 0 aliphatic heterocycles. The third-order valence-corrected chi connectivity index (χ3v) is 4.89. The number of carbonyl (C=O) groups excluding carboxylic acids is 1. The molecule has 0 amide bonds. The normalized spacial score (nSPS) is 24.4. The molecular weight excluding hydrogens is 288 g/mol. The Morgan fingerprint density at radius 1 is 1.13 bits per heavy atom. The molecule has 0 spiro atoms. The molecule has 0 N–H and O–H groups in total. The van der Waals surface area contributed by atoms with Crippen LogP contribution in [0.1, 0.15) is 75.2 Å². The van der Waals surface area contributed by atoms with Gasteiger partial charge in [0.15, 0.2) is 0 Å². The Hall–Kier alpha value is -1.35. The van der Waals surface area contributed by atoms with E-state index in [0.29, 0.717) is 17.4 Å². The molecule has 1 saturated carbocycles. The Labute approximate surface area is 140 Å². The molecular formula is C20H30O3. The quantitative estimate of drug-likeness (QED) is 0.387. The molecule has 0 bridgehead atoms. The van der Waals surface area contributed by atoms with Gasteiger partial charge in [-0.1, -0.05) is 52.2 Å². The fraction of sp³-hybridized carbons (Fsp3) is 0.650. The van der Waals surface area contributed by atoms with E-state index in [1.165, 1.54) is 31.2 Å². The monoisotopic (exact) mass is 318 g/mol. The van der Waals surface area contributed by atoms with Gasteiger partial charge in [0.1, 0.15) is 6.10 Å². The Morgan fingerprint density at radius 2 is 1.87 bits per heavy atom. The number of rotatable bonds is 7. The average molecular weight is 318 g/mol. The van der Waals surface area contributed by atoms with Crippen molar-refractivity contribution in [3.63, 3.8) is 0 Å². The molecule has 3 atom stereocenters. The molecule has 3 heteroatoms. The maximum absolute atomic E-state index is 12.1. The van der Waals surface area contributed by atoms with Crippen LogP contribution in [0.2, 0.25) is 0 Å². The molecule has 0 heterocycles. The number of aryl methyl sites for hydroxylation is 1. The van der Waals surface area contributed by atoms with Gasteiger partial charge in [0.05, 0.1) is 5.56 Å². The highest BCUT2D eigenvalue weighted by molar-refractivity contribution is 5.88. The molecule has 1 aliphatic rings. The van der Waals surface area contributed by atoms with Crippen molar-refractivity contribution < 1.29 is 14.6 Å². The van der Waals surface area contributed by atoms with Crippen LogP contribution in [0.4, 0.5) is 0 Å². The third kappa shape index (κ3) is 5.65. The first kappa shape index (κ1) is 18.0. The SMILES string of the molecule is CCCCCc1ccc(C(=O)OOC2CC(C)CCC2C)cc1. The summed E-state index contributed by atoms with van der Waals surface area (Å²) < 4.78 is 0. The van der Waals surface area contributed by atoms with Crippen molar-refractivity contribution >= 4 is 5.97 Å². The van der Waals surface area contributed by atoms with E-state index in [9.17, 15) is 4.79 Å². The summed E-state index contributed by atoms with van der Waals surface area (Å²) in [6, 6.07) is 7.69. The van der Waals surface area contributed by atoms with Crippen molar-refractivity contribution in [2.24, 2.45) is 11.8 Å². The number of carbonyl (C=O) groups is 1. The molecule has 2 rings (SSSR count). The minimum atomic E-state index is -0.393. The summed E-state index contributed by atoms with van der Waals surface area (Å²) in [5.41, 5.74) is 1.83. The first-order valence-electron chi connectivity index (χ1n) is 9.06. The second-order valence-corrected chi connectivity index (χ2v) is 7.06. The maximum Gasteiger partial charge on any atom is 0.373 e. The maximum atomic E-state index is 12.1. The summed E-state index contributed by atoms with van der Waals surface area (Å²) in [6.07, 6.45) is 8.08. The minimum Gasteiger partial charge on any atom is -0.293 e. The summed E-state index contributed by atoms with van der Waals surface area (Å²) in [5, 5.41) is 0. The van der Waals surface area contributed by atoms with Gasteiger partial charge < -0.3 is 0 Å². The Morgan fingerprint density at radius 3 is 2.57 bits per heavy atom. The zero-order valence-corrected chi connectivity index (χ0v) is 14.7. The van der Waals surface area contributed by atoms with Gasteiger partial charge >= 0.3 is 5.97 Å². The van der Waals surface area contributed by atoms with Crippen molar-refractivity contribution in [1.29, 1.82) is 0 Å². The number of hydrogen-bond acceptors (Lipinski definition) is 3. The molecule has 0 saturated heterocycles. The summed E-state index contributed by atoms with van der Waals surface area (Å²) in [6.45, 7) is 6.59. The Bertz CT molecular complexity index is 480. The van der Waals surface area contributed by atoms with Crippen LogP contribution < -0.4 is 0 Å². The lowest BCUT2D eigenvalue weighted by atomic mass is 9.82. The molecule has 3 nitrogen and oxygen atoms in total. The van der Waals surface area contributed by atoms with Crippen LogP contribution in [0.3, 0.4) is 0 Å². The second-order valence-electron chi connectivity index (χ2n) is 7.06.